The van der Waals surface area contributed by atoms with E-state index in [0.29, 0.717) is 0 Å². The average molecular weight is 223 g/mol. The van der Waals surface area contributed by atoms with E-state index in [-0.39, 0.29) is 0 Å². The molecule has 2 rings (SSSR count). The van der Waals surface area contributed by atoms with Gasteiger partial charge in [0.1, 0.15) is 0 Å². The third-order valence-electron chi connectivity index (χ3n) is 4.49. The summed E-state index contributed by atoms with van der Waals surface area (Å²) in [6.07, 6.45) is 11.7. The van der Waals surface area contributed by atoms with Crippen LogP contribution >= 0.6 is 0 Å². The van der Waals surface area contributed by atoms with Gasteiger partial charge in [-0.05, 0) is 50.0 Å². The summed E-state index contributed by atoms with van der Waals surface area (Å²) in [4.78, 5) is 0. The van der Waals surface area contributed by atoms with Crippen LogP contribution in [0.25, 0.3) is 0 Å². The van der Waals surface area contributed by atoms with Gasteiger partial charge in [0.25, 0.3) is 0 Å². The molecule has 2 aliphatic carbocycles. The minimum atomic E-state index is 0.843. The van der Waals surface area contributed by atoms with E-state index in [2.05, 4.69) is 19.2 Å². The fourth-order valence-corrected chi connectivity index (χ4v) is 3.33. The monoisotopic (exact) mass is 223 g/mol. The topological polar surface area (TPSA) is 12.0 Å². The molecule has 0 spiro atoms. The molecule has 2 aliphatic rings. The highest BCUT2D eigenvalue weighted by Crippen LogP contribution is 2.38. The van der Waals surface area contributed by atoms with Crippen LogP contribution in [0.15, 0.2) is 0 Å². The van der Waals surface area contributed by atoms with Crippen LogP contribution in [0.5, 0.6) is 0 Å². The fraction of sp³-hybridized carbons (Fsp3) is 1.00. The zero-order valence-corrected chi connectivity index (χ0v) is 11.2. The number of nitrogens with one attached hydrogen (secondary N) is 1. The molecule has 1 nitrogen and oxygen atoms in total. The molecule has 0 aromatic rings. The summed E-state index contributed by atoms with van der Waals surface area (Å²) in [5.74, 6) is 3.03. The Kier molecular flexibility index (Phi) is 4.69. The summed E-state index contributed by atoms with van der Waals surface area (Å²) >= 11 is 0. The highest BCUT2D eigenvalue weighted by Gasteiger charge is 2.31. The van der Waals surface area contributed by atoms with Crippen LogP contribution in [0.4, 0.5) is 0 Å². The molecule has 0 aliphatic heterocycles. The van der Waals surface area contributed by atoms with Crippen LogP contribution < -0.4 is 5.32 Å². The van der Waals surface area contributed by atoms with Gasteiger partial charge in [-0.1, -0.05) is 39.5 Å². The molecule has 2 fully saturated rings. The van der Waals surface area contributed by atoms with Crippen LogP contribution in [0.1, 0.15) is 65.2 Å². The molecule has 0 heterocycles. The lowest BCUT2D eigenvalue weighted by atomic mass is 9.77. The number of rotatable bonds is 6. The van der Waals surface area contributed by atoms with E-state index in [1.54, 1.807) is 0 Å². The summed E-state index contributed by atoms with van der Waals surface area (Å²) in [5, 5.41) is 3.83. The van der Waals surface area contributed by atoms with Gasteiger partial charge in [0.2, 0.25) is 0 Å². The molecule has 3 unspecified atom stereocenters. The van der Waals surface area contributed by atoms with E-state index >= 15 is 0 Å². The summed E-state index contributed by atoms with van der Waals surface area (Å²) in [6.45, 7) is 5.95. The van der Waals surface area contributed by atoms with E-state index < -0.39 is 0 Å². The normalized spacial score (nSPS) is 32.6. The van der Waals surface area contributed by atoms with Gasteiger partial charge in [0.15, 0.2) is 0 Å². The van der Waals surface area contributed by atoms with Crippen LogP contribution in [-0.2, 0) is 0 Å². The zero-order valence-electron chi connectivity index (χ0n) is 11.2. The maximum atomic E-state index is 3.83. The molecule has 1 heteroatoms. The summed E-state index contributed by atoms with van der Waals surface area (Å²) in [7, 11) is 0. The predicted molar refractivity (Wildman–Crippen MR) is 70.5 cm³/mol. The van der Waals surface area contributed by atoms with E-state index in [0.717, 1.165) is 23.8 Å². The second-order valence-electron chi connectivity index (χ2n) is 6.27. The SMILES string of the molecule is CCCNC(CC1CC1)C1CCCC(C)C1. The molecule has 3 atom stereocenters. The van der Waals surface area contributed by atoms with Gasteiger partial charge in [-0.15, -0.1) is 0 Å². The largest absolute Gasteiger partial charge is 0.314 e. The smallest absolute Gasteiger partial charge is 0.00980 e. The van der Waals surface area contributed by atoms with E-state index in [9.17, 15) is 0 Å². The molecular weight excluding hydrogens is 194 g/mol. The van der Waals surface area contributed by atoms with Gasteiger partial charge in [0.05, 0.1) is 0 Å². The van der Waals surface area contributed by atoms with Gasteiger partial charge in [-0.2, -0.15) is 0 Å². The van der Waals surface area contributed by atoms with Crippen LogP contribution in [0, 0.1) is 17.8 Å². The molecule has 0 amide bonds. The average Bonchev–Trinajstić information content (AvgIpc) is 3.08. The predicted octanol–water partition coefficient (Wildman–Crippen LogP) is 3.98. The lowest BCUT2D eigenvalue weighted by molar-refractivity contribution is 0.210. The van der Waals surface area contributed by atoms with Crippen molar-refractivity contribution in [1.29, 1.82) is 0 Å². The maximum Gasteiger partial charge on any atom is 0.00980 e. The van der Waals surface area contributed by atoms with Gasteiger partial charge < -0.3 is 5.32 Å². The molecule has 0 saturated heterocycles. The Morgan fingerprint density at radius 1 is 1.19 bits per heavy atom. The lowest BCUT2D eigenvalue weighted by Gasteiger charge is -2.34. The standard InChI is InChI=1S/C15H29N/c1-3-9-16-15(11-13-7-8-13)14-6-4-5-12(2)10-14/h12-16H,3-11H2,1-2H3. The van der Waals surface area contributed by atoms with E-state index in [1.807, 2.05) is 0 Å². The Bertz CT molecular complexity index is 198. The summed E-state index contributed by atoms with van der Waals surface area (Å²) in [5.41, 5.74) is 0. The third-order valence-corrected chi connectivity index (χ3v) is 4.49. The lowest BCUT2D eigenvalue weighted by Crippen LogP contribution is -2.39. The first-order valence-corrected chi connectivity index (χ1v) is 7.53. The fourth-order valence-electron chi connectivity index (χ4n) is 3.33. The minimum Gasteiger partial charge on any atom is -0.314 e. The highest BCUT2D eigenvalue weighted by atomic mass is 14.9. The highest BCUT2D eigenvalue weighted by molar-refractivity contribution is 4.86. The van der Waals surface area contributed by atoms with E-state index in [4.69, 9.17) is 0 Å². The Labute approximate surface area is 101 Å². The second kappa shape index (κ2) is 6.05. The molecule has 0 radical (unpaired) electrons. The summed E-state index contributed by atoms with van der Waals surface area (Å²) < 4.78 is 0. The molecule has 0 aromatic carbocycles. The molecule has 2 saturated carbocycles. The number of hydrogen-bond donors (Lipinski definition) is 1. The molecule has 0 bridgehead atoms. The summed E-state index contributed by atoms with van der Waals surface area (Å²) in [6, 6.07) is 0.843. The first kappa shape index (κ1) is 12.4. The van der Waals surface area contributed by atoms with Crippen LogP contribution in [0.2, 0.25) is 0 Å². The van der Waals surface area contributed by atoms with Gasteiger partial charge in [-0.25, -0.2) is 0 Å². The van der Waals surface area contributed by atoms with Crippen molar-refractivity contribution >= 4 is 0 Å². The Balaban J connectivity index is 1.82. The first-order valence-electron chi connectivity index (χ1n) is 7.53. The van der Waals surface area contributed by atoms with Crippen molar-refractivity contribution in [2.75, 3.05) is 6.54 Å². The third kappa shape index (κ3) is 3.76. The van der Waals surface area contributed by atoms with Crippen molar-refractivity contribution in [2.45, 2.75) is 71.3 Å². The van der Waals surface area contributed by atoms with E-state index in [1.165, 1.54) is 57.9 Å². The van der Waals surface area contributed by atoms with Gasteiger partial charge in [0, 0.05) is 6.04 Å². The molecule has 16 heavy (non-hydrogen) atoms. The Morgan fingerprint density at radius 3 is 2.62 bits per heavy atom. The van der Waals surface area contributed by atoms with Crippen molar-refractivity contribution in [3.8, 4) is 0 Å². The minimum absolute atomic E-state index is 0.843. The Morgan fingerprint density at radius 2 is 2.00 bits per heavy atom. The van der Waals surface area contributed by atoms with Crippen molar-refractivity contribution in [3.63, 3.8) is 0 Å². The maximum absolute atomic E-state index is 3.83. The van der Waals surface area contributed by atoms with Crippen molar-refractivity contribution in [3.05, 3.63) is 0 Å². The quantitative estimate of drug-likeness (QED) is 0.718. The Hall–Kier alpha value is -0.0400. The van der Waals surface area contributed by atoms with Crippen LogP contribution in [0.3, 0.4) is 0 Å². The van der Waals surface area contributed by atoms with Crippen molar-refractivity contribution in [1.82, 2.24) is 5.32 Å². The molecular formula is C15H29N. The van der Waals surface area contributed by atoms with Gasteiger partial charge in [-0.3, -0.25) is 0 Å². The number of hydrogen-bond acceptors (Lipinski definition) is 1. The molecule has 94 valence electrons. The van der Waals surface area contributed by atoms with Crippen molar-refractivity contribution in [2.24, 2.45) is 17.8 Å². The molecule has 1 N–H and O–H groups in total. The van der Waals surface area contributed by atoms with Gasteiger partial charge >= 0.3 is 0 Å². The molecule has 0 aromatic heterocycles. The second-order valence-corrected chi connectivity index (χ2v) is 6.27. The first-order chi connectivity index (χ1) is 7.79. The van der Waals surface area contributed by atoms with Crippen LogP contribution in [-0.4, -0.2) is 12.6 Å². The zero-order chi connectivity index (χ0) is 11.4. The van der Waals surface area contributed by atoms with Crippen molar-refractivity contribution < 1.29 is 0 Å².